The topological polar surface area (TPSA) is 30.9 Å². The van der Waals surface area contributed by atoms with Gasteiger partial charge >= 0.3 is 0 Å². The molecule has 0 fully saturated rings. The minimum atomic E-state index is 0.662. The molecule has 9 heavy (non-hydrogen) atoms. The normalized spacial score (nSPS) is 9.44. The van der Waals surface area contributed by atoms with Gasteiger partial charge in [-0.25, -0.2) is 0 Å². The highest BCUT2D eigenvalue weighted by Crippen LogP contribution is 2.01. The van der Waals surface area contributed by atoms with Crippen LogP contribution in [0.4, 0.5) is 5.69 Å². The first kappa shape index (κ1) is 6.29. The van der Waals surface area contributed by atoms with E-state index in [0.717, 1.165) is 0 Å². The number of hydrogen-bond donors (Lipinski definition) is 1. The molecule has 1 rings (SSSR count). The van der Waals surface area contributed by atoms with Crippen molar-refractivity contribution >= 4 is 17.9 Å². The number of nitrogen functional groups attached to an aromatic ring is 1. The Hall–Kier alpha value is -0.830. The SMILES string of the molecule is Cn1cccc(N)c1=S. The molecule has 0 spiro atoms. The largest absolute Gasteiger partial charge is 0.396 e. The van der Waals surface area contributed by atoms with Crippen LogP contribution in [0, 0.1) is 4.64 Å². The molecule has 0 radical (unpaired) electrons. The Morgan fingerprint density at radius 1 is 1.67 bits per heavy atom. The Bertz CT molecular complexity index is 241. The van der Waals surface area contributed by atoms with Crippen molar-refractivity contribution in [2.45, 2.75) is 0 Å². The van der Waals surface area contributed by atoms with Crippen molar-refractivity contribution in [1.82, 2.24) is 4.57 Å². The fraction of sp³-hybridized carbons (Fsp3) is 0.167. The molecule has 1 aromatic heterocycles. The zero-order valence-corrected chi connectivity index (χ0v) is 5.98. The molecule has 1 heterocycles. The maximum Gasteiger partial charge on any atom is 0.128 e. The maximum atomic E-state index is 5.50. The van der Waals surface area contributed by atoms with Crippen LogP contribution in [0.15, 0.2) is 18.3 Å². The molecule has 0 aliphatic carbocycles. The molecule has 0 saturated carbocycles. The van der Waals surface area contributed by atoms with E-state index in [1.807, 2.05) is 23.9 Å². The molecule has 0 atom stereocenters. The lowest BCUT2D eigenvalue weighted by molar-refractivity contribution is 0.891. The molecular weight excluding hydrogens is 132 g/mol. The minimum absolute atomic E-state index is 0.662. The molecule has 0 aliphatic rings. The van der Waals surface area contributed by atoms with Crippen molar-refractivity contribution in [2.75, 3.05) is 5.73 Å². The number of nitrogens with two attached hydrogens (primary N) is 1. The molecule has 3 heteroatoms. The Labute approximate surface area is 58.9 Å². The summed E-state index contributed by atoms with van der Waals surface area (Å²) < 4.78 is 2.50. The Balaban J connectivity index is 3.43. The predicted molar refractivity (Wildman–Crippen MR) is 40.7 cm³/mol. The standard InChI is InChI=1S/C6H8N2S/c1-8-4-2-3-5(7)6(8)9/h2-4H,7H2,1H3. The Kier molecular flexibility index (Phi) is 1.53. The van der Waals surface area contributed by atoms with E-state index in [1.54, 1.807) is 6.07 Å². The number of nitrogens with zero attached hydrogens (tertiary/aromatic N) is 1. The fourth-order valence-electron chi connectivity index (χ4n) is 0.618. The average molecular weight is 140 g/mol. The van der Waals surface area contributed by atoms with E-state index < -0.39 is 0 Å². The van der Waals surface area contributed by atoms with Gasteiger partial charge in [-0.15, -0.1) is 0 Å². The number of hydrogen-bond acceptors (Lipinski definition) is 2. The van der Waals surface area contributed by atoms with Crippen molar-refractivity contribution in [3.05, 3.63) is 23.0 Å². The first-order valence-electron chi connectivity index (χ1n) is 2.63. The number of aromatic nitrogens is 1. The third-order valence-electron chi connectivity index (χ3n) is 1.15. The van der Waals surface area contributed by atoms with Gasteiger partial charge in [-0.2, -0.15) is 0 Å². The van der Waals surface area contributed by atoms with Crippen LogP contribution in [0.1, 0.15) is 0 Å². The lowest BCUT2D eigenvalue weighted by Gasteiger charge is -1.97. The smallest absolute Gasteiger partial charge is 0.128 e. The maximum absolute atomic E-state index is 5.50. The van der Waals surface area contributed by atoms with Crippen LogP contribution in [0.2, 0.25) is 0 Å². The van der Waals surface area contributed by atoms with E-state index in [9.17, 15) is 0 Å². The summed E-state index contributed by atoms with van der Waals surface area (Å²) in [7, 11) is 1.87. The summed E-state index contributed by atoms with van der Waals surface area (Å²) >= 11 is 4.93. The molecule has 0 amide bonds. The number of pyridine rings is 1. The van der Waals surface area contributed by atoms with Gasteiger partial charge in [0.15, 0.2) is 0 Å². The first-order valence-corrected chi connectivity index (χ1v) is 3.04. The molecule has 0 saturated heterocycles. The number of aryl methyl sites for hydroxylation is 1. The van der Waals surface area contributed by atoms with Gasteiger partial charge in [0.25, 0.3) is 0 Å². The zero-order chi connectivity index (χ0) is 6.85. The Morgan fingerprint density at radius 3 is 2.78 bits per heavy atom. The second kappa shape index (κ2) is 2.19. The Morgan fingerprint density at radius 2 is 2.33 bits per heavy atom. The summed E-state index contributed by atoms with van der Waals surface area (Å²) in [5.74, 6) is 0. The van der Waals surface area contributed by atoms with Gasteiger partial charge in [0.2, 0.25) is 0 Å². The van der Waals surface area contributed by atoms with E-state index >= 15 is 0 Å². The predicted octanol–water partition coefficient (Wildman–Crippen LogP) is 1.34. The van der Waals surface area contributed by atoms with Gasteiger partial charge in [-0.05, 0) is 12.1 Å². The third-order valence-corrected chi connectivity index (χ3v) is 1.68. The summed E-state index contributed by atoms with van der Waals surface area (Å²) in [6, 6.07) is 3.66. The zero-order valence-electron chi connectivity index (χ0n) is 5.16. The van der Waals surface area contributed by atoms with Crippen molar-refractivity contribution in [3.8, 4) is 0 Å². The molecular formula is C6H8N2S. The minimum Gasteiger partial charge on any atom is -0.396 e. The molecule has 0 aliphatic heterocycles. The highest BCUT2D eigenvalue weighted by Gasteiger charge is 1.86. The van der Waals surface area contributed by atoms with Crippen LogP contribution in [-0.4, -0.2) is 4.57 Å². The van der Waals surface area contributed by atoms with Crippen LogP contribution >= 0.6 is 12.2 Å². The number of rotatable bonds is 0. The molecule has 48 valence electrons. The molecule has 0 bridgehead atoms. The third kappa shape index (κ3) is 1.10. The van der Waals surface area contributed by atoms with Crippen LogP contribution in [0.5, 0.6) is 0 Å². The van der Waals surface area contributed by atoms with E-state index in [0.29, 0.717) is 10.3 Å². The van der Waals surface area contributed by atoms with Crippen molar-refractivity contribution in [3.63, 3.8) is 0 Å². The first-order chi connectivity index (χ1) is 4.22. The number of anilines is 1. The van der Waals surface area contributed by atoms with E-state index in [1.165, 1.54) is 0 Å². The van der Waals surface area contributed by atoms with Crippen molar-refractivity contribution in [2.24, 2.45) is 7.05 Å². The van der Waals surface area contributed by atoms with Gasteiger partial charge in [-0.3, -0.25) is 0 Å². The van der Waals surface area contributed by atoms with Gasteiger partial charge in [0.1, 0.15) is 4.64 Å². The molecule has 0 aromatic carbocycles. The lowest BCUT2D eigenvalue weighted by Crippen LogP contribution is -1.95. The molecule has 1 aromatic rings. The van der Waals surface area contributed by atoms with E-state index in [-0.39, 0.29) is 0 Å². The van der Waals surface area contributed by atoms with Crippen LogP contribution in [0.3, 0.4) is 0 Å². The summed E-state index contributed by atoms with van der Waals surface area (Å²) in [6.45, 7) is 0. The van der Waals surface area contributed by atoms with Crippen molar-refractivity contribution < 1.29 is 0 Å². The quantitative estimate of drug-likeness (QED) is 0.551. The van der Waals surface area contributed by atoms with Gasteiger partial charge < -0.3 is 10.3 Å². The lowest BCUT2D eigenvalue weighted by atomic mass is 10.4. The second-order valence-electron chi connectivity index (χ2n) is 1.88. The van der Waals surface area contributed by atoms with Crippen LogP contribution in [0.25, 0.3) is 0 Å². The molecule has 2 nitrogen and oxygen atoms in total. The summed E-state index contributed by atoms with van der Waals surface area (Å²) in [5.41, 5.74) is 6.16. The average Bonchev–Trinajstić information content (AvgIpc) is 1.83. The van der Waals surface area contributed by atoms with E-state index in [2.05, 4.69) is 0 Å². The highest BCUT2D eigenvalue weighted by atomic mass is 32.1. The fourth-order valence-corrected chi connectivity index (χ4v) is 0.747. The van der Waals surface area contributed by atoms with Crippen LogP contribution < -0.4 is 5.73 Å². The summed E-state index contributed by atoms with van der Waals surface area (Å²) in [4.78, 5) is 0. The van der Waals surface area contributed by atoms with Crippen LogP contribution in [-0.2, 0) is 7.05 Å². The molecule has 0 unspecified atom stereocenters. The monoisotopic (exact) mass is 140 g/mol. The molecule has 2 N–H and O–H groups in total. The highest BCUT2D eigenvalue weighted by molar-refractivity contribution is 7.71. The van der Waals surface area contributed by atoms with E-state index in [4.69, 9.17) is 18.0 Å². The summed E-state index contributed by atoms with van der Waals surface area (Å²) in [5, 5.41) is 0. The van der Waals surface area contributed by atoms with Gasteiger partial charge in [0.05, 0.1) is 5.69 Å². The van der Waals surface area contributed by atoms with Crippen molar-refractivity contribution in [1.29, 1.82) is 0 Å². The second-order valence-corrected chi connectivity index (χ2v) is 2.27. The van der Waals surface area contributed by atoms with Gasteiger partial charge in [-0.1, -0.05) is 12.2 Å². The van der Waals surface area contributed by atoms with Gasteiger partial charge in [0, 0.05) is 13.2 Å². The summed E-state index contributed by atoms with van der Waals surface area (Å²) in [6.07, 6.45) is 1.87.